The third-order valence-electron chi connectivity index (χ3n) is 9.00. The number of aromatic nitrogens is 2. The lowest BCUT2D eigenvalue weighted by atomic mass is 10.1. The molecule has 15 heteroatoms. The van der Waals surface area contributed by atoms with E-state index in [0.29, 0.717) is 36.9 Å². The second-order valence-corrected chi connectivity index (χ2v) is 13.9. The first kappa shape index (κ1) is 36.3. The molecule has 3 heterocycles. The van der Waals surface area contributed by atoms with Gasteiger partial charge in [-0.1, -0.05) is 43.7 Å². The van der Waals surface area contributed by atoms with E-state index in [-0.39, 0.29) is 62.6 Å². The zero-order valence-electron chi connectivity index (χ0n) is 29.1. The number of unbranched alkanes of at least 4 members (excludes halogenated alkanes) is 1. The highest BCUT2D eigenvalue weighted by Crippen LogP contribution is 2.46. The highest BCUT2D eigenvalue weighted by atomic mass is 16.6. The second-order valence-electron chi connectivity index (χ2n) is 13.9. The van der Waals surface area contributed by atoms with Gasteiger partial charge in [-0.2, -0.15) is 0 Å². The summed E-state index contributed by atoms with van der Waals surface area (Å²) in [5, 5.41) is 15.1. The van der Waals surface area contributed by atoms with Gasteiger partial charge in [0.15, 0.2) is 5.82 Å². The molecule has 4 amide bonds. The van der Waals surface area contributed by atoms with Crippen LogP contribution >= 0.6 is 0 Å². The summed E-state index contributed by atoms with van der Waals surface area (Å²) >= 11 is 0. The number of hydrogen-bond donors (Lipinski definition) is 3. The van der Waals surface area contributed by atoms with Crippen molar-refractivity contribution in [1.29, 1.82) is 0 Å². The maximum Gasteiger partial charge on any atom is 0.409 e. The van der Waals surface area contributed by atoms with Gasteiger partial charge in [0.25, 0.3) is 5.91 Å². The summed E-state index contributed by atoms with van der Waals surface area (Å²) in [6.45, 7) is 9.96. The molecule has 2 saturated heterocycles. The average molecular weight is 694 g/mol. The largest absolute Gasteiger partial charge is 0.481 e. The van der Waals surface area contributed by atoms with Gasteiger partial charge in [0.1, 0.15) is 23.2 Å². The molecule has 1 aliphatic carbocycles. The number of piperazine rings is 1. The molecule has 0 spiro atoms. The molecule has 3 aliphatic rings. The Balaban J connectivity index is 1.28. The zero-order valence-corrected chi connectivity index (χ0v) is 29.1. The van der Waals surface area contributed by atoms with E-state index >= 15 is 0 Å². The molecule has 1 aromatic carbocycles. The number of rotatable bonds is 12. The quantitative estimate of drug-likeness (QED) is 0.278. The smallest absolute Gasteiger partial charge is 0.409 e. The molecular weight excluding hydrogens is 646 g/mol. The minimum atomic E-state index is -1.13. The van der Waals surface area contributed by atoms with Crippen molar-refractivity contribution in [1.82, 2.24) is 30.4 Å². The number of carboxylic acids is 1. The number of piperidine rings is 1. The van der Waals surface area contributed by atoms with E-state index in [9.17, 15) is 29.1 Å². The highest BCUT2D eigenvalue weighted by molar-refractivity contribution is 5.97. The summed E-state index contributed by atoms with van der Waals surface area (Å²) in [6, 6.07) is 9.66. The first-order valence-corrected chi connectivity index (χ1v) is 17.2. The minimum absolute atomic E-state index is 0.00567. The molecule has 15 nitrogen and oxygen atoms in total. The van der Waals surface area contributed by atoms with Crippen molar-refractivity contribution in [2.24, 2.45) is 11.8 Å². The number of alkyl carbamates (subject to hydrolysis) is 1. The van der Waals surface area contributed by atoms with E-state index < -0.39 is 41.6 Å². The van der Waals surface area contributed by atoms with Crippen molar-refractivity contribution in [2.75, 3.05) is 50.8 Å². The van der Waals surface area contributed by atoms with Gasteiger partial charge in [0.2, 0.25) is 5.91 Å². The van der Waals surface area contributed by atoms with Crippen LogP contribution in [0.4, 0.5) is 15.4 Å². The van der Waals surface area contributed by atoms with Gasteiger partial charge in [0.05, 0.1) is 6.61 Å². The molecule has 50 heavy (non-hydrogen) atoms. The predicted molar refractivity (Wildman–Crippen MR) is 182 cm³/mol. The van der Waals surface area contributed by atoms with Crippen LogP contribution in [0.5, 0.6) is 0 Å². The molecular formula is C35H47N7O8. The Kier molecular flexibility index (Phi) is 11.4. The van der Waals surface area contributed by atoms with E-state index in [0.717, 1.165) is 12.8 Å². The van der Waals surface area contributed by atoms with Gasteiger partial charge in [-0.25, -0.2) is 19.6 Å². The van der Waals surface area contributed by atoms with Crippen LogP contribution in [-0.2, 0) is 19.1 Å². The zero-order chi connectivity index (χ0) is 36.0. The van der Waals surface area contributed by atoms with Crippen LogP contribution in [0.1, 0.15) is 63.9 Å². The molecule has 2 aliphatic heterocycles. The molecule has 3 fully saturated rings. The Morgan fingerprint density at radius 2 is 1.64 bits per heavy atom. The number of carbonyl (C=O) groups is 5. The van der Waals surface area contributed by atoms with Crippen LogP contribution in [0, 0.1) is 11.8 Å². The van der Waals surface area contributed by atoms with Crippen LogP contribution in [0.2, 0.25) is 0 Å². The topological polar surface area (TPSA) is 184 Å². The first-order chi connectivity index (χ1) is 23.8. The number of benzene rings is 1. The summed E-state index contributed by atoms with van der Waals surface area (Å²) in [5.74, 6) is -0.909. The molecule has 1 saturated carbocycles. The third-order valence-corrected chi connectivity index (χ3v) is 9.00. The summed E-state index contributed by atoms with van der Waals surface area (Å²) in [7, 11) is 0. The number of amides is 4. The van der Waals surface area contributed by atoms with Gasteiger partial charge < -0.3 is 39.9 Å². The standard InChI is InChI=1S/C35H47N7O8/c1-5-6-18-49-34(48)41-16-14-40(15-17-41)32(46)25(12-13-28(43)44)37-31(45)26-19-27(38-30(36-26)22-10-8-7-9-11-22)42-20-23-24(21-42)29(23)39-33(47)50-35(2,3)4/h7-11,19,23-25,29H,5-6,12-18,20-21H2,1-4H3,(H,37,45)(H,39,47)(H,43,44)/t23-,24?,25+,29+/m1/s1. The van der Waals surface area contributed by atoms with E-state index in [1.807, 2.05) is 62.9 Å². The Labute approximate surface area is 291 Å². The summed E-state index contributed by atoms with van der Waals surface area (Å²) in [5.41, 5.74) is 0.133. The minimum Gasteiger partial charge on any atom is -0.481 e. The normalized spacial score (nSPS) is 20.4. The number of carboxylic acid groups (broad SMARTS) is 1. The van der Waals surface area contributed by atoms with Crippen LogP contribution in [-0.4, -0.2) is 118 Å². The lowest BCUT2D eigenvalue weighted by molar-refractivity contribution is -0.138. The third kappa shape index (κ3) is 9.39. The van der Waals surface area contributed by atoms with E-state index in [1.54, 1.807) is 6.07 Å². The van der Waals surface area contributed by atoms with Crippen LogP contribution < -0.4 is 15.5 Å². The average Bonchev–Trinajstić information content (AvgIpc) is 3.49. The van der Waals surface area contributed by atoms with Crippen molar-refractivity contribution in [3.8, 4) is 11.4 Å². The monoisotopic (exact) mass is 693 g/mol. The number of carbonyl (C=O) groups excluding carboxylic acids is 4. The van der Waals surface area contributed by atoms with Crippen molar-refractivity contribution >= 4 is 35.8 Å². The lowest BCUT2D eigenvalue weighted by Crippen LogP contribution is -2.56. The number of nitrogens with one attached hydrogen (secondary N) is 2. The number of anilines is 1. The predicted octanol–water partition coefficient (Wildman–Crippen LogP) is 3.15. The van der Waals surface area contributed by atoms with Crippen LogP contribution in [0.25, 0.3) is 11.4 Å². The van der Waals surface area contributed by atoms with Gasteiger partial charge in [0, 0.05) is 75.2 Å². The van der Waals surface area contributed by atoms with Crippen molar-refractivity contribution in [3.63, 3.8) is 0 Å². The molecule has 5 rings (SSSR count). The molecule has 0 bridgehead atoms. The fourth-order valence-electron chi connectivity index (χ4n) is 6.28. The van der Waals surface area contributed by atoms with Crippen molar-refractivity contribution < 1.29 is 38.6 Å². The second kappa shape index (κ2) is 15.7. The summed E-state index contributed by atoms with van der Waals surface area (Å²) in [6.07, 6.45) is 0.333. The number of aliphatic carboxylic acids is 1. The van der Waals surface area contributed by atoms with Gasteiger partial charge in [-0.05, 0) is 33.6 Å². The molecule has 1 aromatic heterocycles. The SMILES string of the molecule is CCCCOC(=O)N1CCN(C(=O)[C@H](CCC(=O)O)NC(=O)c2cc(N3CC4[C@@H](C3)[C@@H]4NC(=O)OC(C)(C)C)nc(-c3ccccc3)n2)CC1. The van der Waals surface area contributed by atoms with Crippen molar-refractivity contribution in [3.05, 3.63) is 42.1 Å². The maximum atomic E-state index is 13.8. The van der Waals surface area contributed by atoms with Crippen molar-refractivity contribution in [2.45, 2.75) is 71.1 Å². The van der Waals surface area contributed by atoms with E-state index in [1.165, 1.54) is 9.80 Å². The fraction of sp³-hybridized carbons (Fsp3) is 0.571. The number of nitrogens with zero attached hydrogens (tertiary/aromatic N) is 5. The Morgan fingerprint density at radius 1 is 0.980 bits per heavy atom. The molecule has 4 atom stereocenters. The van der Waals surface area contributed by atoms with Crippen LogP contribution in [0.15, 0.2) is 36.4 Å². The molecule has 1 unspecified atom stereocenters. The maximum absolute atomic E-state index is 13.8. The van der Waals surface area contributed by atoms with Gasteiger partial charge in [-0.15, -0.1) is 0 Å². The number of ether oxygens (including phenoxy) is 2. The first-order valence-electron chi connectivity index (χ1n) is 17.2. The number of fused-ring (bicyclic) bond motifs is 1. The van der Waals surface area contributed by atoms with Gasteiger partial charge in [-0.3, -0.25) is 14.4 Å². The van der Waals surface area contributed by atoms with Crippen LogP contribution in [0.3, 0.4) is 0 Å². The Hall–Kier alpha value is -4.95. The van der Waals surface area contributed by atoms with E-state index in [4.69, 9.17) is 14.5 Å². The Morgan fingerprint density at radius 3 is 2.26 bits per heavy atom. The molecule has 3 N–H and O–H groups in total. The van der Waals surface area contributed by atoms with Gasteiger partial charge >= 0.3 is 18.2 Å². The summed E-state index contributed by atoms with van der Waals surface area (Å²) in [4.78, 5) is 78.1. The highest BCUT2D eigenvalue weighted by Gasteiger charge is 2.57. The fourth-order valence-corrected chi connectivity index (χ4v) is 6.28. The Bertz CT molecular complexity index is 1550. The lowest BCUT2D eigenvalue weighted by Gasteiger charge is -2.36. The molecule has 270 valence electrons. The number of hydrogen-bond acceptors (Lipinski definition) is 10. The molecule has 0 radical (unpaired) electrons. The molecule has 2 aromatic rings. The van der Waals surface area contributed by atoms with E-state index in [2.05, 4.69) is 15.6 Å². The summed E-state index contributed by atoms with van der Waals surface area (Å²) < 4.78 is 10.7.